The fraction of sp³-hybridized carbons (Fsp3) is 0.885. The van der Waals surface area contributed by atoms with Crippen LogP contribution in [0.4, 0.5) is 0 Å². The number of hydrogen-bond donors (Lipinski definition) is 3. The lowest BCUT2D eigenvalue weighted by Gasteiger charge is -2.32. The Labute approximate surface area is 221 Å². The lowest BCUT2D eigenvalue weighted by atomic mass is 9.84. The van der Waals surface area contributed by atoms with Crippen molar-refractivity contribution in [2.75, 3.05) is 25.1 Å². The van der Waals surface area contributed by atoms with Crippen molar-refractivity contribution in [3.63, 3.8) is 0 Å². The zero-order valence-corrected chi connectivity index (χ0v) is 25.2. The molecule has 0 aromatic rings. The minimum Gasteiger partial charge on any atom is -0.458 e. The molecule has 2 atom stereocenters. The van der Waals surface area contributed by atoms with Crippen molar-refractivity contribution < 1.29 is 19.1 Å². The van der Waals surface area contributed by atoms with Gasteiger partial charge in [0.15, 0.2) is 0 Å². The Bertz CT molecular complexity index is 718. The quantitative estimate of drug-likeness (QED) is 0.345. The summed E-state index contributed by atoms with van der Waals surface area (Å²) in [5, 5.41) is 9.13. The highest BCUT2D eigenvalue weighted by atomic mass is 32.2. The summed E-state index contributed by atoms with van der Waals surface area (Å²) >= 11 is 3.34. The summed E-state index contributed by atoms with van der Waals surface area (Å²) < 4.78 is 5.61. The van der Waals surface area contributed by atoms with E-state index < -0.39 is 23.0 Å². The summed E-state index contributed by atoms with van der Waals surface area (Å²) in [6, 6.07) is -1.08. The van der Waals surface area contributed by atoms with Gasteiger partial charge in [-0.1, -0.05) is 54.4 Å². The highest BCUT2D eigenvalue weighted by Gasteiger charge is 2.43. The van der Waals surface area contributed by atoms with E-state index in [-0.39, 0.29) is 33.9 Å². The normalized spacial score (nSPS) is 18.0. The van der Waals surface area contributed by atoms with Crippen LogP contribution in [0, 0.1) is 5.41 Å². The van der Waals surface area contributed by atoms with Crippen LogP contribution in [0.5, 0.6) is 0 Å². The first-order valence-electron chi connectivity index (χ1n) is 12.6. The molecule has 0 radical (unpaired) electrons. The molecule has 0 spiro atoms. The predicted octanol–water partition coefficient (Wildman–Crippen LogP) is 4.14. The van der Waals surface area contributed by atoms with Crippen molar-refractivity contribution in [1.29, 1.82) is 0 Å². The molecule has 1 saturated carbocycles. The number of rotatable bonds is 11. The van der Waals surface area contributed by atoms with Crippen LogP contribution in [0.15, 0.2) is 0 Å². The molecule has 0 heterocycles. The van der Waals surface area contributed by atoms with Crippen molar-refractivity contribution >= 4 is 41.3 Å². The molecule has 0 aromatic carbocycles. The molecule has 0 aromatic heterocycles. The SMILES string of the molecule is CNC(CSC(C)(C)C)C(=O)NCC1(C(=O)N[C@@H](CSC(C)(C)C)C(=O)OC(C)(C)C)CCCC1. The molecule has 35 heavy (non-hydrogen) atoms. The summed E-state index contributed by atoms with van der Waals surface area (Å²) in [4.78, 5) is 39.4. The molecule has 204 valence electrons. The van der Waals surface area contributed by atoms with Gasteiger partial charge in [-0.05, 0) is 40.7 Å². The first kappa shape index (κ1) is 32.1. The number of hydrogen-bond acceptors (Lipinski definition) is 7. The lowest BCUT2D eigenvalue weighted by molar-refractivity contribution is -0.158. The molecule has 1 fully saturated rings. The number of ether oxygens (including phenoxy) is 1. The van der Waals surface area contributed by atoms with E-state index in [9.17, 15) is 14.4 Å². The Morgan fingerprint density at radius 1 is 0.857 bits per heavy atom. The Hall–Kier alpha value is -0.930. The van der Waals surface area contributed by atoms with Gasteiger partial charge in [-0.15, -0.1) is 0 Å². The monoisotopic (exact) mass is 531 g/mol. The summed E-state index contributed by atoms with van der Waals surface area (Å²) in [7, 11) is 1.78. The van der Waals surface area contributed by atoms with Crippen LogP contribution >= 0.6 is 23.5 Å². The van der Waals surface area contributed by atoms with Crippen LogP contribution in [0.3, 0.4) is 0 Å². The Morgan fingerprint density at radius 2 is 1.34 bits per heavy atom. The molecule has 0 bridgehead atoms. The highest BCUT2D eigenvalue weighted by Crippen LogP contribution is 2.38. The second-order valence-corrected chi connectivity index (χ2v) is 16.1. The molecule has 1 unspecified atom stereocenters. The third-order valence-corrected chi connectivity index (χ3v) is 8.40. The van der Waals surface area contributed by atoms with Gasteiger partial charge in [-0.2, -0.15) is 23.5 Å². The average Bonchev–Trinajstić information content (AvgIpc) is 3.17. The van der Waals surface area contributed by atoms with Gasteiger partial charge in [0.1, 0.15) is 11.6 Å². The van der Waals surface area contributed by atoms with Crippen LogP contribution in [0.25, 0.3) is 0 Å². The molecule has 1 aliphatic carbocycles. The highest BCUT2D eigenvalue weighted by molar-refractivity contribution is 8.00. The van der Waals surface area contributed by atoms with Gasteiger partial charge in [0.2, 0.25) is 11.8 Å². The third kappa shape index (κ3) is 12.2. The van der Waals surface area contributed by atoms with Crippen LogP contribution < -0.4 is 16.0 Å². The fourth-order valence-corrected chi connectivity index (χ4v) is 5.60. The van der Waals surface area contributed by atoms with Crippen molar-refractivity contribution in [1.82, 2.24) is 16.0 Å². The van der Waals surface area contributed by atoms with E-state index >= 15 is 0 Å². The maximum absolute atomic E-state index is 13.6. The minimum atomic E-state index is -0.743. The van der Waals surface area contributed by atoms with Crippen LogP contribution in [-0.2, 0) is 19.1 Å². The lowest BCUT2D eigenvalue weighted by Crippen LogP contribution is -2.55. The first-order valence-corrected chi connectivity index (χ1v) is 14.6. The second-order valence-electron chi connectivity index (χ2n) is 12.5. The van der Waals surface area contributed by atoms with E-state index in [4.69, 9.17) is 4.74 Å². The summed E-state index contributed by atoms with van der Waals surface area (Å²) in [6.07, 6.45) is 3.22. The van der Waals surface area contributed by atoms with Crippen molar-refractivity contribution in [2.45, 2.75) is 115 Å². The van der Waals surface area contributed by atoms with E-state index in [1.54, 1.807) is 30.6 Å². The molecule has 9 heteroatoms. The van der Waals surface area contributed by atoms with Gasteiger partial charge >= 0.3 is 5.97 Å². The Kier molecular flexibility index (Phi) is 12.0. The Balaban J connectivity index is 2.93. The van der Waals surface area contributed by atoms with Crippen molar-refractivity contribution in [2.24, 2.45) is 5.41 Å². The molecule has 2 amide bonds. The molecule has 0 saturated heterocycles. The number of likely N-dealkylation sites (N-methyl/N-ethyl adjacent to an activating group) is 1. The van der Waals surface area contributed by atoms with Gasteiger partial charge in [0.05, 0.1) is 11.5 Å². The number of carbonyl (C=O) groups is 3. The first-order chi connectivity index (χ1) is 15.9. The maximum atomic E-state index is 13.6. The van der Waals surface area contributed by atoms with Gasteiger partial charge in [0.25, 0.3) is 0 Å². The van der Waals surface area contributed by atoms with E-state index in [0.717, 1.165) is 12.8 Å². The molecule has 1 rings (SSSR count). The number of amides is 2. The predicted molar refractivity (Wildman–Crippen MR) is 149 cm³/mol. The van der Waals surface area contributed by atoms with Gasteiger partial charge in [-0.25, -0.2) is 4.79 Å². The fourth-order valence-electron chi connectivity index (χ4n) is 3.73. The maximum Gasteiger partial charge on any atom is 0.330 e. The van der Waals surface area contributed by atoms with Gasteiger partial charge in [0, 0.05) is 27.5 Å². The molecular weight excluding hydrogens is 482 g/mol. The second kappa shape index (κ2) is 13.0. The number of nitrogens with one attached hydrogen (secondary N) is 3. The van der Waals surface area contributed by atoms with E-state index in [1.807, 2.05) is 20.8 Å². The van der Waals surface area contributed by atoms with Crippen LogP contribution in [0.2, 0.25) is 0 Å². The number of esters is 1. The van der Waals surface area contributed by atoms with E-state index in [0.29, 0.717) is 24.3 Å². The Morgan fingerprint density at radius 3 is 1.77 bits per heavy atom. The van der Waals surface area contributed by atoms with Gasteiger partial charge in [-0.3, -0.25) is 9.59 Å². The summed E-state index contributed by atoms with van der Waals surface area (Å²) in [6.45, 7) is 18.3. The topological polar surface area (TPSA) is 96.5 Å². The third-order valence-electron chi connectivity index (χ3n) is 5.67. The largest absolute Gasteiger partial charge is 0.458 e. The average molecular weight is 532 g/mol. The van der Waals surface area contributed by atoms with Crippen molar-refractivity contribution in [3.05, 3.63) is 0 Å². The van der Waals surface area contributed by atoms with Crippen LogP contribution in [0.1, 0.15) is 88.0 Å². The zero-order valence-electron chi connectivity index (χ0n) is 23.6. The smallest absolute Gasteiger partial charge is 0.330 e. The zero-order chi connectivity index (χ0) is 27.1. The van der Waals surface area contributed by atoms with E-state index in [1.165, 1.54) is 0 Å². The minimum absolute atomic E-state index is 0.0583. The molecule has 3 N–H and O–H groups in total. The van der Waals surface area contributed by atoms with Crippen LogP contribution in [-0.4, -0.2) is 70.1 Å². The van der Waals surface area contributed by atoms with Crippen molar-refractivity contribution in [3.8, 4) is 0 Å². The number of carbonyl (C=O) groups excluding carboxylic acids is 3. The number of thioether (sulfide) groups is 2. The van der Waals surface area contributed by atoms with Gasteiger partial charge < -0.3 is 20.7 Å². The molecular formula is C26H49N3O4S2. The van der Waals surface area contributed by atoms with E-state index in [2.05, 4.69) is 57.5 Å². The molecule has 7 nitrogen and oxygen atoms in total. The summed E-state index contributed by atoms with van der Waals surface area (Å²) in [5.74, 6) is 0.379. The standard InChI is InChI=1S/C26H49N3O4S2/c1-23(2,3)33-21(31)19(16-35-25(7,8)9)29-22(32)26(13-11-12-14-26)17-28-20(30)18(27-10)15-34-24(4,5)6/h18-19,27H,11-17H2,1-10H3,(H,28,30)(H,29,32)/t18?,19-/m0/s1. The summed E-state index contributed by atoms with van der Waals surface area (Å²) in [5.41, 5.74) is -1.35. The molecule has 1 aliphatic rings. The molecule has 0 aliphatic heterocycles.